The minimum atomic E-state index is 0. The summed E-state index contributed by atoms with van der Waals surface area (Å²) in [6.45, 7) is 0. The van der Waals surface area contributed by atoms with Gasteiger partial charge in [0.2, 0.25) is 0 Å². The molecule has 8 nitrogen and oxygen atoms in total. The fourth-order valence-electron chi connectivity index (χ4n) is 7.83. The van der Waals surface area contributed by atoms with Crippen LogP contribution in [0.2, 0.25) is 0 Å². The van der Waals surface area contributed by atoms with E-state index >= 15 is 0 Å². The zero-order chi connectivity index (χ0) is 45.4. The van der Waals surface area contributed by atoms with Gasteiger partial charge in [-0.05, 0) is 42.7 Å². The van der Waals surface area contributed by atoms with Crippen LogP contribution in [0.25, 0.3) is 83.6 Å². The van der Waals surface area contributed by atoms with Crippen LogP contribution in [0, 0.1) is 24.7 Å². The van der Waals surface area contributed by atoms with Gasteiger partial charge >= 0.3 is 44.8 Å². The van der Waals surface area contributed by atoms with Crippen LogP contribution in [0.1, 0.15) is 41.4 Å². The minimum absolute atomic E-state index is 0. The van der Waals surface area contributed by atoms with E-state index in [4.69, 9.17) is 51.6 Å². The fourth-order valence-corrected chi connectivity index (χ4v) is 7.83. The molecule has 0 radical (unpaired) electrons. The second-order valence-corrected chi connectivity index (χ2v) is 15.6. The van der Waals surface area contributed by atoms with Gasteiger partial charge in [-0.15, -0.1) is 35.4 Å². The van der Waals surface area contributed by atoms with Gasteiger partial charge in [0, 0.05) is 38.2 Å². The predicted octanol–water partition coefficient (Wildman–Crippen LogP) is 13.4. The Bertz CT molecular complexity index is 3520. The molecule has 7 aromatic carbocycles. The maximum Gasteiger partial charge on any atom is 1.00 e. The van der Waals surface area contributed by atoms with Crippen molar-refractivity contribution in [3.63, 3.8) is 0 Å². The SMILES string of the molecule is C1=CCCC(c2nc(Cc3nc(-c4ccccc4)nc(-c4ccccc4)n3)nc(-c3ccccc3)n2)=C1.[Au+].[Au+].[C-]#Cc1ccc2oc3ccccc3c2c1.[C-]#Cc1ccc2oc3ccccc3c2c1. The molecule has 69 heavy (non-hydrogen) atoms. The van der Waals surface area contributed by atoms with Crippen LogP contribution in [0.4, 0.5) is 0 Å². The molecule has 4 heterocycles. The molecule has 0 saturated heterocycles. The second kappa shape index (κ2) is 22.4. The van der Waals surface area contributed by atoms with E-state index in [0.29, 0.717) is 41.4 Å². The Morgan fingerprint density at radius 2 is 0.812 bits per heavy atom. The minimum Gasteiger partial charge on any atom is -0.456 e. The first kappa shape index (κ1) is 47.7. The third kappa shape index (κ3) is 11.0. The van der Waals surface area contributed by atoms with Gasteiger partial charge in [0.15, 0.2) is 23.3 Å². The van der Waals surface area contributed by atoms with Crippen molar-refractivity contribution in [1.82, 2.24) is 29.9 Å². The molecule has 0 spiro atoms. The van der Waals surface area contributed by atoms with Crippen LogP contribution in [-0.4, -0.2) is 29.9 Å². The van der Waals surface area contributed by atoms with Crippen LogP contribution in [-0.2, 0) is 51.2 Å². The zero-order valence-corrected chi connectivity index (χ0v) is 41.0. The Morgan fingerprint density at radius 3 is 1.23 bits per heavy atom. The van der Waals surface area contributed by atoms with Crippen molar-refractivity contribution in [2.45, 2.75) is 19.3 Å². The van der Waals surface area contributed by atoms with Crippen molar-refractivity contribution in [1.29, 1.82) is 0 Å². The van der Waals surface area contributed by atoms with E-state index < -0.39 is 0 Å². The van der Waals surface area contributed by atoms with E-state index in [9.17, 15) is 0 Å². The molecule has 0 amide bonds. The molecule has 338 valence electrons. The summed E-state index contributed by atoms with van der Waals surface area (Å²) in [6, 6.07) is 57.0. The smallest absolute Gasteiger partial charge is 0.456 e. The van der Waals surface area contributed by atoms with E-state index in [1.54, 1.807) is 0 Å². The van der Waals surface area contributed by atoms with Gasteiger partial charge in [-0.25, -0.2) is 29.9 Å². The van der Waals surface area contributed by atoms with Crippen molar-refractivity contribution in [2.24, 2.45) is 0 Å². The number of benzene rings is 7. The Balaban J connectivity index is 0.000000164. The molecule has 0 fully saturated rings. The number of aromatic nitrogens is 6. The van der Waals surface area contributed by atoms with Crippen LogP contribution in [0.3, 0.4) is 0 Å². The molecule has 0 atom stereocenters. The Hall–Kier alpha value is -7.76. The summed E-state index contributed by atoms with van der Waals surface area (Å²) in [6.07, 6.45) is 22.7. The van der Waals surface area contributed by atoms with Crippen molar-refractivity contribution >= 4 is 49.5 Å². The van der Waals surface area contributed by atoms with E-state index in [2.05, 4.69) is 30.1 Å². The van der Waals surface area contributed by atoms with Gasteiger partial charge in [0.05, 0.1) is 6.42 Å². The average molecular weight is 1260 g/mol. The summed E-state index contributed by atoms with van der Waals surface area (Å²) in [4.78, 5) is 28.9. The largest absolute Gasteiger partial charge is 1.00 e. The van der Waals surface area contributed by atoms with Crippen LogP contribution >= 0.6 is 0 Å². The number of fused-ring (bicyclic) bond motifs is 6. The Labute approximate surface area is 430 Å². The summed E-state index contributed by atoms with van der Waals surface area (Å²) in [5.41, 5.74) is 8.95. The van der Waals surface area contributed by atoms with Crippen molar-refractivity contribution < 1.29 is 53.6 Å². The molecule has 0 unspecified atom stereocenters. The molecule has 10 heteroatoms. The molecule has 1 aliphatic rings. The van der Waals surface area contributed by atoms with Crippen molar-refractivity contribution in [3.05, 3.63) is 236 Å². The van der Waals surface area contributed by atoms with Gasteiger partial charge in [-0.1, -0.05) is 146 Å². The van der Waals surface area contributed by atoms with Gasteiger partial charge < -0.3 is 21.7 Å². The number of nitrogens with zero attached hydrogens (tertiary/aromatic N) is 6. The molecule has 1 aliphatic carbocycles. The Morgan fingerprint density at radius 1 is 0.420 bits per heavy atom. The van der Waals surface area contributed by atoms with E-state index in [1.165, 1.54) is 0 Å². The molecule has 11 aromatic rings. The van der Waals surface area contributed by atoms with Crippen LogP contribution < -0.4 is 0 Å². The summed E-state index contributed by atoms with van der Waals surface area (Å²) in [5.74, 6) is 8.61. The molecule has 12 rings (SSSR count). The second-order valence-electron chi connectivity index (χ2n) is 15.6. The summed E-state index contributed by atoms with van der Waals surface area (Å²) in [7, 11) is 0. The van der Waals surface area contributed by atoms with E-state index in [0.717, 1.165) is 90.1 Å². The average Bonchev–Trinajstić information content (AvgIpc) is 3.97. The molecule has 4 aromatic heterocycles. The van der Waals surface area contributed by atoms with Gasteiger partial charge in [-0.3, -0.25) is 11.8 Å². The molecule has 0 N–H and O–H groups in total. The fraction of sp³-hybridized carbons (Fsp3) is 0.0508. The molecular weight excluding hydrogens is 1220 g/mol. The van der Waals surface area contributed by atoms with Gasteiger partial charge in [0.1, 0.15) is 34.0 Å². The standard InChI is InChI=1S/C31H24N6.2C14H7O.2Au/c1-5-13-22(14-6-1)28-32-26(33-29(36-28)23-15-7-2-8-16-23)21-27-34-30(24-17-9-3-10-18-24)37-31(35-27)25-19-11-4-12-20-25;2*1-2-10-7-8-14-12(9-10)11-5-3-4-6-13(11)15-14;;/h1-11,13-19H,12,20-21H2;2*3-9H;;/q;2*-1;2*+1. The summed E-state index contributed by atoms with van der Waals surface area (Å²) >= 11 is 0. The van der Waals surface area contributed by atoms with E-state index in [1.807, 2.05) is 176 Å². The third-order valence-electron chi connectivity index (χ3n) is 11.1. The quantitative estimate of drug-likeness (QED) is 0.0921. The monoisotopic (exact) mass is 1260 g/mol. The molecule has 0 bridgehead atoms. The summed E-state index contributed by atoms with van der Waals surface area (Å²) < 4.78 is 11.3. The first-order chi connectivity index (χ1) is 33.1. The van der Waals surface area contributed by atoms with Gasteiger partial charge in [0.25, 0.3) is 0 Å². The number of para-hydroxylation sites is 2. The molecular formula is C59H38Au2N6O2. The maximum atomic E-state index is 7.10. The zero-order valence-electron chi connectivity index (χ0n) is 36.7. The first-order valence-electron chi connectivity index (χ1n) is 21.8. The molecule has 0 saturated carbocycles. The number of hydrogen-bond acceptors (Lipinski definition) is 8. The van der Waals surface area contributed by atoms with Crippen molar-refractivity contribution in [3.8, 4) is 46.0 Å². The predicted molar refractivity (Wildman–Crippen MR) is 265 cm³/mol. The number of hydrogen-bond donors (Lipinski definition) is 0. The summed E-state index contributed by atoms with van der Waals surface area (Å²) in [5, 5.41) is 4.26. The van der Waals surface area contributed by atoms with Crippen LogP contribution in [0.15, 0.2) is 203 Å². The Kier molecular flexibility index (Phi) is 15.5. The van der Waals surface area contributed by atoms with Crippen LogP contribution in [0.5, 0.6) is 0 Å². The topological polar surface area (TPSA) is 104 Å². The van der Waals surface area contributed by atoms with Gasteiger partial charge in [-0.2, -0.15) is 0 Å². The third-order valence-corrected chi connectivity index (χ3v) is 11.1. The normalized spacial score (nSPS) is 11.5. The first-order valence-corrected chi connectivity index (χ1v) is 21.8. The number of rotatable bonds is 6. The number of allylic oxidation sites excluding steroid dienone is 4. The number of furan rings is 2. The molecule has 0 aliphatic heterocycles. The van der Waals surface area contributed by atoms with E-state index in [-0.39, 0.29) is 44.8 Å². The van der Waals surface area contributed by atoms with Crippen molar-refractivity contribution in [2.75, 3.05) is 0 Å². The maximum absolute atomic E-state index is 7.10.